The van der Waals surface area contributed by atoms with Crippen molar-refractivity contribution in [3.63, 3.8) is 0 Å². The highest BCUT2D eigenvalue weighted by Crippen LogP contribution is 2.20. The van der Waals surface area contributed by atoms with Gasteiger partial charge in [0, 0.05) is 37.3 Å². The van der Waals surface area contributed by atoms with Crippen molar-refractivity contribution in [2.75, 3.05) is 40.3 Å². The van der Waals surface area contributed by atoms with E-state index >= 15 is 0 Å². The highest BCUT2D eigenvalue weighted by atomic mass is 16.5. The van der Waals surface area contributed by atoms with Crippen molar-refractivity contribution in [3.05, 3.63) is 64.7 Å². The van der Waals surface area contributed by atoms with Gasteiger partial charge < -0.3 is 25.6 Å². The second-order valence-electron chi connectivity index (χ2n) is 7.85. The van der Waals surface area contributed by atoms with E-state index in [0.29, 0.717) is 31.8 Å². The van der Waals surface area contributed by atoms with Crippen LogP contribution in [0.1, 0.15) is 40.9 Å². The maximum absolute atomic E-state index is 12.4. The van der Waals surface area contributed by atoms with Gasteiger partial charge in [0.25, 0.3) is 5.91 Å². The molecule has 0 aliphatic heterocycles. The molecule has 0 bridgehead atoms. The summed E-state index contributed by atoms with van der Waals surface area (Å²) in [5.74, 6) is 1.55. The van der Waals surface area contributed by atoms with Crippen LogP contribution in [0.2, 0.25) is 0 Å². The fourth-order valence-corrected chi connectivity index (χ4v) is 3.09. The van der Waals surface area contributed by atoms with Gasteiger partial charge in [0.2, 0.25) is 0 Å². The largest absolute Gasteiger partial charge is 0.494 e. The minimum Gasteiger partial charge on any atom is -0.494 e. The molecule has 174 valence electrons. The fraction of sp³-hybridized carbons (Fsp3) is 0.440. The van der Waals surface area contributed by atoms with Crippen molar-refractivity contribution < 1.29 is 9.53 Å². The molecule has 0 atom stereocenters. The smallest absolute Gasteiger partial charge is 0.251 e. The molecule has 0 aliphatic rings. The van der Waals surface area contributed by atoms with Gasteiger partial charge in [-0.25, -0.2) is 4.99 Å². The summed E-state index contributed by atoms with van der Waals surface area (Å²) in [4.78, 5) is 19.1. The molecule has 0 saturated carbocycles. The first-order valence-corrected chi connectivity index (χ1v) is 11.2. The van der Waals surface area contributed by atoms with Gasteiger partial charge in [0.15, 0.2) is 5.96 Å². The molecule has 7 nitrogen and oxygen atoms in total. The van der Waals surface area contributed by atoms with Gasteiger partial charge in [0.05, 0.1) is 13.2 Å². The minimum atomic E-state index is -0.0643. The molecular weight excluding hydrogens is 402 g/mol. The zero-order chi connectivity index (χ0) is 23.3. The van der Waals surface area contributed by atoms with Crippen LogP contribution in [0.5, 0.6) is 5.75 Å². The minimum absolute atomic E-state index is 0.0643. The summed E-state index contributed by atoms with van der Waals surface area (Å²) in [7, 11) is 3.97. The molecule has 0 radical (unpaired) electrons. The summed E-state index contributed by atoms with van der Waals surface area (Å²) in [6.45, 7) is 9.97. The fourth-order valence-electron chi connectivity index (χ4n) is 3.09. The molecule has 0 fully saturated rings. The number of nitrogens with one attached hydrogen (secondary N) is 3. The maximum Gasteiger partial charge on any atom is 0.251 e. The average Bonchev–Trinajstić information content (AvgIpc) is 2.77. The van der Waals surface area contributed by atoms with E-state index in [1.54, 1.807) is 0 Å². The van der Waals surface area contributed by atoms with Crippen molar-refractivity contribution in [2.45, 2.75) is 33.9 Å². The zero-order valence-corrected chi connectivity index (χ0v) is 20.0. The zero-order valence-electron chi connectivity index (χ0n) is 20.0. The van der Waals surface area contributed by atoms with E-state index in [-0.39, 0.29) is 5.91 Å². The predicted molar refractivity (Wildman–Crippen MR) is 131 cm³/mol. The lowest BCUT2D eigenvalue weighted by molar-refractivity contribution is 0.0951. The van der Waals surface area contributed by atoms with E-state index in [0.717, 1.165) is 35.9 Å². The number of aliphatic imine (C=N–C) groups is 1. The monoisotopic (exact) mass is 439 g/mol. The van der Waals surface area contributed by atoms with Crippen molar-refractivity contribution >= 4 is 11.9 Å². The number of ether oxygens (including phenoxy) is 1. The van der Waals surface area contributed by atoms with Crippen LogP contribution in [-0.4, -0.2) is 57.1 Å². The van der Waals surface area contributed by atoms with Crippen LogP contribution in [-0.2, 0) is 13.1 Å². The van der Waals surface area contributed by atoms with Crippen molar-refractivity contribution in [3.8, 4) is 5.75 Å². The Morgan fingerprint density at radius 1 is 1.06 bits per heavy atom. The summed E-state index contributed by atoms with van der Waals surface area (Å²) in [6.07, 6.45) is 0. The molecule has 7 heteroatoms. The standard InChI is InChI=1S/C25H37N5O2/c1-6-26-25(29-18-22-12-11-19(3)15-23(22)32-7-2)28-17-20-9-8-10-21(16-20)24(31)27-13-14-30(4)5/h8-12,15-16H,6-7,13-14,17-18H2,1-5H3,(H,27,31)(H2,26,28,29). The molecule has 2 aromatic carbocycles. The molecule has 1 amide bonds. The van der Waals surface area contributed by atoms with Crippen molar-refractivity contribution in [2.24, 2.45) is 4.99 Å². The third-order valence-corrected chi connectivity index (χ3v) is 4.77. The van der Waals surface area contributed by atoms with Crippen molar-refractivity contribution in [1.82, 2.24) is 20.9 Å². The lowest BCUT2D eigenvalue weighted by Crippen LogP contribution is -2.36. The molecule has 32 heavy (non-hydrogen) atoms. The van der Waals surface area contributed by atoms with Gasteiger partial charge in [-0.15, -0.1) is 0 Å². The number of carbonyl (C=O) groups excluding carboxylic acids is 1. The Hall–Kier alpha value is -3.06. The first kappa shape index (κ1) is 25.2. The summed E-state index contributed by atoms with van der Waals surface area (Å²) in [5.41, 5.74) is 3.88. The third-order valence-electron chi connectivity index (χ3n) is 4.77. The highest BCUT2D eigenvalue weighted by Gasteiger charge is 2.08. The second-order valence-corrected chi connectivity index (χ2v) is 7.85. The van der Waals surface area contributed by atoms with Crippen molar-refractivity contribution in [1.29, 1.82) is 0 Å². The lowest BCUT2D eigenvalue weighted by Gasteiger charge is -2.15. The number of amides is 1. The number of guanidine groups is 1. The number of carbonyl (C=O) groups is 1. The first-order valence-electron chi connectivity index (χ1n) is 11.2. The Morgan fingerprint density at radius 2 is 1.88 bits per heavy atom. The van der Waals surface area contributed by atoms with Gasteiger partial charge in [-0.2, -0.15) is 0 Å². The second kappa shape index (κ2) is 13.4. The molecule has 2 rings (SSSR count). The summed E-state index contributed by atoms with van der Waals surface area (Å²) in [5, 5.41) is 9.60. The molecule has 0 unspecified atom stereocenters. The lowest BCUT2D eigenvalue weighted by atomic mass is 10.1. The Bertz CT molecular complexity index is 896. The molecule has 0 spiro atoms. The highest BCUT2D eigenvalue weighted by molar-refractivity contribution is 5.94. The van der Waals surface area contributed by atoms with Crippen LogP contribution in [0.15, 0.2) is 47.5 Å². The Balaban J connectivity index is 2.02. The van der Waals surface area contributed by atoms with E-state index < -0.39 is 0 Å². The number of benzene rings is 2. The van der Waals surface area contributed by atoms with E-state index in [9.17, 15) is 4.79 Å². The van der Waals surface area contributed by atoms with Crippen LogP contribution in [0.25, 0.3) is 0 Å². The third kappa shape index (κ3) is 8.59. The Labute approximate surface area is 192 Å². The number of likely N-dealkylation sites (N-methyl/N-ethyl adjacent to an activating group) is 1. The van der Waals surface area contributed by atoms with Crippen LogP contribution >= 0.6 is 0 Å². The molecule has 0 saturated heterocycles. The predicted octanol–water partition coefficient (Wildman–Crippen LogP) is 2.94. The molecule has 0 aromatic heterocycles. The average molecular weight is 440 g/mol. The number of nitrogens with zero attached hydrogens (tertiary/aromatic N) is 2. The molecule has 0 heterocycles. The van der Waals surface area contributed by atoms with Gasteiger partial charge in [-0.05, 0) is 64.2 Å². The van der Waals surface area contributed by atoms with E-state index in [1.165, 1.54) is 5.56 Å². The van der Waals surface area contributed by atoms with E-state index in [4.69, 9.17) is 9.73 Å². The first-order chi connectivity index (χ1) is 15.4. The summed E-state index contributed by atoms with van der Waals surface area (Å²) in [6, 6.07) is 13.8. The quantitative estimate of drug-likeness (QED) is 0.371. The van der Waals surface area contributed by atoms with E-state index in [2.05, 4.69) is 41.1 Å². The van der Waals surface area contributed by atoms with Crippen LogP contribution in [0, 0.1) is 6.92 Å². The van der Waals surface area contributed by atoms with Crippen LogP contribution < -0.4 is 20.7 Å². The van der Waals surface area contributed by atoms with Crippen LogP contribution in [0.3, 0.4) is 0 Å². The van der Waals surface area contributed by atoms with Gasteiger partial charge in [-0.3, -0.25) is 4.79 Å². The molecule has 0 aliphatic carbocycles. The summed E-state index contributed by atoms with van der Waals surface area (Å²) >= 11 is 0. The molecule has 2 aromatic rings. The number of rotatable bonds is 11. The Morgan fingerprint density at radius 3 is 2.59 bits per heavy atom. The SMILES string of the molecule is CCNC(=NCc1cccc(C(=O)NCCN(C)C)c1)NCc1ccc(C)cc1OCC. The molecular formula is C25H37N5O2. The topological polar surface area (TPSA) is 78.0 Å². The normalized spacial score (nSPS) is 11.4. The number of aryl methyl sites for hydroxylation is 1. The summed E-state index contributed by atoms with van der Waals surface area (Å²) < 4.78 is 5.78. The Kier molecular flexibility index (Phi) is 10.5. The van der Waals surface area contributed by atoms with E-state index in [1.807, 2.05) is 57.1 Å². The van der Waals surface area contributed by atoms with Gasteiger partial charge >= 0.3 is 0 Å². The molecule has 3 N–H and O–H groups in total. The number of hydrogen-bond donors (Lipinski definition) is 3. The maximum atomic E-state index is 12.4. The van der Waals surface area contributed by atoms with Gasteiger partial charge in [0.1, 0.15) is 5.75 Å². The number of hydrogen-bond acceptors (Lipinski definition) is 4. The van der Waals surface area contributed by atoms with Gasteiger partial charge in [-0.1, -0.05) is 24.3 Å². The van der Waals surface area contributed by atoms with Crippen LogP contribution in [0.4, 0.5) is 0 Å².